The number of nitrogens with one attached hydrogen (secondary N) is 2. The maximum atomic E-state index is 12.7. The van der Waals surface area contributed by atoms with E-state index in [0.29, 0.717) is 24.1 Å². The van der Waals surface area contributed by atoms with Crippen LogP contribution in [-0.4, -0.2) is 33.6 Å². The number of hydrogen-bond donors (Lipinski definition) is 2. The highest BCUT2D eigenvalue weighted by Crippen LogP contribution is 2.41. The Bertz CT molecular complexity index is 677. The van der Waals surface area contributed by atoms with E-state index in [4.69, 9.17) is 4.74 Å². The molecule has 0 aliphatic carbocycles. The zero-order valence-corrected chi connectivity index (χ0v) is 15.7. The first-order chi connectivity index (χ1) is 11.3. The fourth-order valence-electron chi connectivity index (χ4n) is 3.62. The quantitative estimate of drug-likeness (QED) is 0.875. The number of fused-ring (bicyclic) bond motifs is 1. The molecule has 7 heteroatoms. The van der Waals surface area contributed by atoms with Gasteiger partial charge in [0.05, 0.1) is 23.0 Å². The van der Waals surface area contributed by atoms with Crippen LogP contribution in [0.4, 0.5) is 5.82 Å². The second-order valence-corrected chi connectivity index (χ2v) is 9.00. The molecule has 24 heavy (non-hydrogen) atoms. The molecule has 2 N–H and O–H groups in total. The second-order valence-electron chi connectivity index (χ2n) is 7.81. The average molecular weight is 353 g/mol. The maximum Gasteiger partial charge on any atom is 0.270 e. The van der Waals surface area contributed by atoms with Gasteiger partial charge in [-0.15, -0.1) is 11.8 Å². The first kappa shape index (κ1) is 17.6. The number of aromatic amines is 1. The van der Waals surface area contributed by atoms with Gasteiger partial charge in [0.1, 0.15) is 5.82 Å². The molecule has 2 aliphatic rings. The molecular formula is C17H27N3O3S. The van der Waals surface area contributed by atoms with E-state index in [9.17, 15) is 9.59 Å². The summed E-state index contributed by atoms with van der Waals surface area (Å²) in [6.45, 7) is 9.08. The molecule has 2 atom stereocenters. The molecule has 1 aromatic rings. The van der Waals surface area contributed by atoms with Crippen molar-refractivity contribution in [2.45, 2.75) is 63.9 Å². The Balaban J connectivity index is 2.01. The highest BCUT2D eigenvalue weighted by atomic mass is 32.2. The van der Waals surface area contributed by atoms with Crippen LogP contribution in [0, 0.1) is 5.92 Å². The van der Waals surface area contributed by atoms with Gasteiger partial charge in [0, 0.05) is 11.9 Å². The molecule has 0 aromatic carbocycles. The maximum absolute atomic E-state index is 12.7. The van der Waals surface area contributed by atoms with Gasteiger partial charge in [0.2, 0.25) is 5.91 Å². The van der Waals surface area contributed by atoms with Gasteiger partial charge in [-0.25, -0.2) is 0 Å². The van der Waals surface area contributed by atoms with Crippen LogP contribution in [0.2, 0.25) is 0 Å². The molecule has 3 heterocycles. The summed E-state index contributed by atoms with van der Waals surface area (Å²) in [6, 6.07) is 0.133. The van der Waals surface area contributed by atoms with Crippen molar-refractivity contribution < 1.29 is 9.53 Å². The van der Waals surface area contributed by atoms with E-state index in [2.05, 4.69) is 38.1 Å². The number of carbonyl (C=O) groups excluding carboxylic acids is 1. The minimum atomic E-state index is -0.224. The zero-order valence-electron chi connectivity index (χ0n) is 14.8. The normalized spacial score (nSPS) is 26.8. The molecule has 3 rings (SSSR count). The van der Waals surface area contributed by atoms with Crippen molar-refractivity contribution in [1.82, 2.24) is 9.78 Å². The molecule has 0 radical (unpaired) electrons. The van der Waals surface area contributed by atoms with Crippen LogP contribution in [0.1, 0.15) is 63.8 Å². The molecule has 6 nitrogen and oxygen atoms in total. The van der Waals surface area contributed by atoms with Crippen LogP contribution in [0.15, 0.2) is 4.79 Å². The van der Waals surface area contributed by atoms with Gasteiger partial charge in [-0.05, 0) is 39.0 Å². The minimum Gasteiger partial charge on any atom is -0.375 e. The summed E-state index contributed by atoms with van der Waals surface area (Å²) in [4.78, 5) is 24.8. The van der Waals surface area contributed by atoms with Crippen molar-refractivity contribution >= 4 is 23.5 Å². The van der Waals surface area contributed by atoms with Crippen LogP contribution in [0.25, 0.3) is 0 Å². The van der Waals surface area contributed by atoms with Crippen molar-refractivity contribution in [3.8, 4) is 0 Å². The number of anilines is 1. The van der Waals surface area contributed by atoms with Gasteiger partial charge in [0.25, 0.3) is 5.56 Å². The molecule has 1 fully saturated rings. The Labute approximate surface area is 146 Å². The summed E-state index contributed by atoms with van der Waals surface area (Å²) in [7, 11) is 0. The third-order valence-corrected chi connectivity index (χ3v) is 5.94. The van der Waals surface area contributed by atoms with E-state index in [0.717, 1.165) is 24.8 Å². The van der Waals surface area contributed by atoms with E-state index < -0.39 is 0 Å². The second kappa shape index (κ2) is 6.59. The number of nitrogens with zero attached hydrogens (tertiary/aromatic N) is 1. The highest BCUT2D eigenvalue weighted by molar-refractivity contribution is 8.00. The lowest BCUT2D eigenvalue weighted by atomic mass is 9.94. The van der Waals surface area contributed by atoms with Gasteiger partial charge in [-0.3, -0.25) is 19.4 Å². The van der Waals surface area contributed by atoms with Crippen molar-refractivity contribution in [2.75, 3.05) is 17.7 Å². The standard InChI is InChI=1S/C17H27N3O3S/c1-10(2)7-12-14-15(18-13(21)9-24-12)20(19-16(14)22)11-5-6-23-17(3,4)8-11/h10-12H,5-9H2,1-4H3,(H,18,21)(H,19,22)/t11-,12-/m0/s1. The molecule has 0 saturated carbocycles. The topological polar surface area (TPSA) is 76.1 Å². The highest BCUT2D eigenvalue weighted by Gasteiger charge is 2.35. The largest absolute Gasteiger partial charge is 0.375 e. The van der Waals surface area contributed by atoms with Crippen LogP contribution >= 0.6 is 11.8 Å². The van der Waals surface area contributed by atoms with Crippen LogP contribution in [0.5, 0.6) is 0 Å². The van der Waals surface area contributed by atoms with Gasteiger partial charge in [-0.2, -0.15) is 0 Å². The lowest BCUT2D eigenvalue weighted by molar-refractivity contribution is -0.113. The van der Waals surface area contributed by atoms with Gasteiger partial charge < -0.3 is 10.1 Å². The third kappa shape index (κ3) is 3.57. The van der Waals surface area contributed by atoms with Crippen molar-refractivity contribution in [1.29, 1.82) is 0 Å². The lowest BCUT2D eigenvalue weighted by Gasteiger charge is -2.36. The Morgan fingerprint density at radius 1 is 1.38 bits per heavy atom. The molecule has 0 spiro atoms. The van der Waals surface area contributed by atoms with Gasteiger partial charge >= 0.3 is 0 Å². The molecule has 134 valence electrons. The molecule has 2 aliphatic heterocycles. The summed E-state index contributed by atoms with van der Waals surface area (Å²) in [5, 5.41) is 6.02. The van der Waals surface area contributed by atoms with Crippen LogP contribution in [0.3, 0.4) is 0 Å². The average Bonchev–Trinajstić information content (AvgIpc) is 2.69. The lowest BCUT2D eigenvalue weighted by Crippen LogP contribution is -2.36. The number of hydrogen-bond acceptors (Lipinski definition) is 4. The number of carbonyl (C=O) groups is 1. The number of H-pyrrole nitrogens is 1. The summed E-state index contributed by atoms with van der Waals surface area (Å²) >= 11 is 1.57. The number of ether oxygens (including phenoxy) is 1. The first-order valence-electron chi connectivity index (χ1n) is 8.66. The van der Waals surface area contributed by atoms with E-state index in [1.807, 2.05) is 4.68 Å². The molecule has 0 unspecified atom stereocenters. The molecule has 0 bridgehead atoms. The predicted octanol–water partition coefficient (Wildman–Crippen LogP) is 3.08. The Morgan fingerprint density at radius 2 is 2.12 bits per heavy atom. The van der Waals surface area contributed by atoms with E-state index >= 15 is 0 Å². The summed E-state index contributed by atoms with van der Waals surface area (Å²) in [6.07, 6.45) is 2.53. The van der Waals surface area contributed by atoms with Crippen molar-refractivity contribution in [3.05, 3.63) is 15.9 Å². The Hall–Kier alpha value is -1.21. The number of aromatic nitrogens is 2. The van der Waals surface area contributed by atoms with Gasteiger partial charge in [0.15, 0.2) is 0 Å². The molecule has 1 saturated heterocycles. The number of thioether (sulfide) groups is 1. The monoisotopic (exact) mass is 353 g/mol. The van der Waals surface area contributed by atoms with Gasteiger partial charge in [-0.1, -0.05) is 13.8 Å². The summed E-state index contributed by atoms with van der Waals surface area (Å²) in [5.74, 6) is 1.49. The Morgan fingerprint density at radius 3 is 2.79 bits per heavy atom. The molecule has 1 amide bonds. The van der Waals surface area contributed by atoms with E-state index in [-0.39, 0.29) is 28.4 Å². The fourth-order valence-corrected chi connectivity index (χ4v) is 4.96. The molecular weight excluding hydrogens is 326 g/mol. The first-order valence-corrected chi connectivity index (χ1v) is 9.71. The fraction of sp³-hybridized carbons (Fsp3) is 0.765. The number of rotatable bonds is 3. The predicted molar refractivity (Wildman–Crippen MR) is 96.6 cm³/mol. The number of amides is 1. The summed E-state index contributed by atoms with van der Waals surface area (Å²) in [5.41, 5.74) is 0.427. The van der Waals surface area contributed by atoms with Crippen LogP contribution < -0.4 is 10.9 Å². The Kier molecular flexibility index (Phi) is 4.84. The van der Waals surface area contributed by atoms with Crippen molar-refractivity contribution in [3.63, 3.8) is 0 Å². The van der Waals surface area contributed by atoms with E-state index in [1.165, 1.54) is 0 Å². The molecule has 1 aromatic heterocycles. The SMILES string of the molecule is CC(C)C[C@@H]1SCC(=O)Nc2c1c(=O)[nH]n2[C@H]1CCOC(C)(C)C1. The zero-order chi connectivity index (χ0) is 17.5. The minimum absolute atomic E-state index is 0.0356. The summed E-state index contributed by atoms with van der Waals surface area (Å²) < 4.78 is 7.68. The smallest absolute Gasteiger partial charge is 0.270 e. The van der Waals surface area contributed by atoms with Crippen molar-refractivity contribution in [2.24, 2.45) is 5.92 Å². The van der Waals surface area contributed by atoms with E-state index in [1.54, 1.807) is 11.8 Å². The van der Waals surface area contributed by atoms with Crippen LogP contribution in [-0.2, 0) is 9.53 Å². The third-order valence-electron chi connectivity index (χ3n) is 4.68.